The lowest BCUT2D eigenvalue weighted by Crippen LogP contribution is -2.22. The summed E-state index contributed by atoms with van der Waals surface area (Å²) in [4.78, 5) is 45.8. The summed E-state index contributed by atoms with van der Waals surface area (Å²) in [5, 5.41) is 21.8. The van der Waals surface area contributed by atoms with Gasteiger partial charge in [-0.1, -0.05) is 23.2 Å². The Hall–Kier alpha value is -2.52. The normalized spacial score (nSPS) is 10.6. The monoisotopic (exact) mass is 331 g/mol. The number of rotatable bonds is 2. The van der Waals surface area contributed by atoms with Crippen LogP contribution in [0.3, 0.4) is 0 Å². The van der Waals surface area contributed by atoms with Crippen LogP contribution in [0.25, 0.3) is 10.9 Å². The van der Waals surface area contributed by atoms with Gasteiger partial charge in [0.25, 0.3) is 11.0 Å². The maximum Gasteiger partial charge on any atom is 0.302 e. The van der Waals surface area contributed by atoms with E-state index in [1.807, 2.05) is 4.98 Å². The molecule has 0 atom stereocenters. The van der Waals surface area contributed by atoms with E-state index in [0.717, 1.165) is 6.07 Å². The smallest absolute Gasteiger partial charge is 0.302 e. The lowest BCUT2D eigenvalue weighted by Gasteiger charge is -2.02. The number of aromatic nitrogens is 1. The Morgan fingerprint density at radius 3 is 2.48 bits per heavy atom. The summed E-state index contributed by atoms with van der Waals surface area (Å²) in [6.07, 6.45) is 0. The number of nitro groups is 1. The molecule has 1 heterocycles. The van der Waals surface area contributed by atoms with Gasteiger partial charge in [0, 0.05) is 0 Å². The molecule has 21 heavy (non-hydrogen) atoms. The summed E-state index contributed by atoms with van der Waals surface area (Å²) in [5.74, 6) is -1.13. The fraction of sp³-hybridized carbons (Fsp3) is 0. The molecule has 0 spiro atoms. The molecule has 0 aliphatic carbocycles. The van der Waals surface area contributed by atoms with Gasteiger partial charge in [-0.05, 0) is 11.2 Å². The Morgan fingerprint density at radius 1 is 1.33 bits per heavy atom. The van der Waals surface area contributed by atoms with Gasteiger partial charge >= 0.3 is 5.69 Å². The third-order valence-electron chi connectivity index (χ3n) is 2.60. The molecule has 11 heteroatoms. The van der Waals surface area contributed by atoms with E-state index in [-0.39, 0.29) is 10.5 Å². The minimum Gasteiger partial charge on any atom is -0.505 e. The number of fused-ring (bicyclic) bond motifs is 1. The summed E-state index contributed by atoms with van der Waals surface area (Å²) in [6.45, 7) is 0. The Balaban J connectivity index is 3.33. The van der Waals surface area contributed by atoms with Crippen LogP contribution < -0.4 is 11.0 Å². The minimum absolute atomic E-state index is 0.287. The molecule has 0 aliphatic rings. The molecular formula is C10H3Cl2N3O6. The Morgan fingerprint density at radius 2 is 1.95 bits per heavy atom. The van der Waals surface area contributed by atoms with Crippen LogP contribution in [0.5, 0.6) is 5.75 Å². The number of nitrogens with zero attached hydrogens (tertiary/aromatic N) is 2. The molecule has 1 aromatic carbocycles. The molecule has 0 fully saturated rings. The van der Waals surface area contributed by atoms with Crippen LogP contribution in [0.4, 0.5) is 11.4 Å². The summed E-state index contributed by atoms with van der Waals surface area (Å²) >= 11 is 11.4. The van der Waals surface area contributed by atoms with E-state index in [2.05, 4.69) is 5.18 Å². The molecule has 108 valence electrons. The molecule has 2 rings (SSSR count). The van der Waals surface area contributed by atoms with Gasteiger partial charge in [0.05, 0.1) is 15.5 Å². The van der Waals surface area contributed by atoms with Crippen molar-refractivity contribution in [1.82, 2.24) is 4.98 Å². The first-order chi connectivity index (χ1) is 9.79. The zero-order chi connectivity index (χ0) is 15.9. The number of hydrogen-bond donors (Lipinski definition) is 2. The first-order valence-electron chi connectivity index (χ1n) is 5.08. The van der Waals surface area contributed by atoms with Crippen molar-refractivity contribution in [2.45, 2.75) is 0 Å². The van der Waals surface area contributed by atoms with E-state index in [1.165, 1.54) is 0 Å². The highest BCUT2D eigenvalue weighted by Crippen LogP contribution is 2.43. The van der Waals surface area contributed by atoms with E-state index >= 15 is 0 Å². The molecule has 0 aliphatic heterocycles. The molecule has 0 saturated carbocycles. The molecule has 2 aromatic rings. The number of nitro benzene ring substituents is 1. The molecule has 0 saturated heterocycles. The number of aromatic amines is 1. The van der Waals surface area contributed by atoms with Gasteiger partial charge in [-0.2, -0.15) is 0 Å². The molecule has 0 amide bonds. The number of H-pyrrole nitrogens is 1. The molecule has 0 unspecified atom stereocenters. The summed E-state index contributed by atoms with van der Waals surface area (Å²) in [7, 11) is 0. The van der Waals surface area contributed by atoms with Crippen molar-refractivity contribution in [3.05, 3.63) is 51.7 Å². The third kappa shape index (κ3) is 2.22. The lowest BCUT2D eigenvalue weighted by atomic mass is 10.1. The van der Waals surface area contributed by atoms with Crippen molar-refractivity contribution < 1.29 is 10.0 Å². The zero-order valence-electron chi connectivity index (χ0n) is 9.72. The SMILES string of the molecule is O=Nc1c(O)c2c([N+](=O)[O-])c(Cl)c(Cl)cc2[nH]c(=O)c1=O. The van der Waals surface area contributed by atoms with Crippen LogP contribution in [0.1, 0.15) is 0 Å². The van der Waals surface area contributed by atoms with Crippen molar-refractivity contribution in [3.63, 3.8) is 0 Å². The van der Waals surface area contributed by atoms with Crippen molar-refractivity contribution in [2.75, 3.05) is 0 Å². The maximum atomic E-state index is 11.5. The topological polar surface area (TPSA) is 143 Å². The van der Waals surface area contributed by atoms with Gasteiger partial charge in [0.2, 0.25) is 5.69 Å². The Labute approximate surface area is 123 Å². The number of nitrogens with one attached hydrogen (secondary N) is 1. The average Bonchev–Trinajstić information content (AvgIpc) is 2.49. The van der Waals surface area contributed by atoms with Crippen LogP contribution >= 0.6 is 23.2 Å². The first kappa shape index (κ1) is 14.9. The van der Waals surface area contributed by atoms with Crippen LogP contribution in [-0.2, 0) is 0 Å². The third-order valence-corrected chi connectivity index (χ3v) is 3.38. The van der Waals surface area contributed by atoms with Crippen molar-refractivity contribution >= 4 is 45.5 Å². The Bertz CT molecular complexity index is 923. The second kappa shape index (κ2) is 5.11. The largest absolute Gasteiger partial charge is 0.505 e. The van der Waals surface area contributed by atoms with Crippen molar-refractivity contribution in [3.8, 4) is 5.75 Å². The highest BCUT2D eigenvalue weighted by Gasteiger charge is 2.26. The Kier molecular flexibility index (Phi) is 3.62. The zero-order valence-corrected chi connectivity index (χ0v) is 11.2. The molecule has 9 nitrogen and oxygen atoms in total. The number of hydrogen-bond acceptors (Lipinski definition) is 7. The van der Waals surface area contributed by atoms with Gasteiger partial charge in [-0.15, -0.1) is 4.91 Å². The van der Waals surface area contributed by atoms with Gasteiger partial charge < -0.3 is 10.1 Å². The molecule has 2 N–H and O–H groups in total. The number of nitroso groups, excluding NO2 is 1. The maximum absolute atomic E-state index is 11.5. The van der Waals surface area contributed by atoms with Gasteiger partial charge in [0.1, 0.15) is 10.4 Å². The van der Waals surface area contributed by atoms with Crippen LogP contribution in [0, 0.1) is 15.0 Å². The van der Waals surface area contributed by atoms with Crippen molar-refractivity contribution in [1.29, 1.82) is 0 Å². The number of halogens is 2. The summed E-state index contributed by atoms with van der Waals surface area (Å²) < 4.78 is 0. The highest BCUT2D eigenvalue weighted by atomic mass is 35.5. The molecular weight excluding hydrogens is 329 g/mol. The summed E-state index contributed by atoms with van der Waals surface area (Å²) in [5.41, 5.74) is -5.12. The number of benzene rings is 1. The van der Waals surface area contributed by atoms with E-state index in [0.29, 0.717) is 0 Å². The fourth-order valence-electron chi connectivity index (χ4n) is 1.72. The molecule has 0 radical (unpaired) electrons. The standard InChI is InChI=1S/C10H3Cl2N3O6/c11-2-1-3-4(7(5(2)12)15(20)21)8(16)6(14-19)9(17)10(18)13-3/h1,16H,(H,13,17,18). The van der Waals surface area contributed by atoms with Crippen LogP contribution in [0.2, 0.25) is 10.0 Å². The molecule has 1 aromatic heterocycles. The predicted octanol–water partition coefficient (Wildman–Crippen LogP) is 2.21. The quantitative estimate of drug-likeness (QED) is 0.373. The number of aromatic hydroxyl groups is 1. The fourth-order valence-corrected chi connectivity index (χ4v) is 2.14. The van der Waals surface area contributed by atoms with E-state index in [1.54, 1.807) is 0 Å². The second-order valence-corrected chi connectivity index (χ2v) is 4.56. The first-order valence-corrected chi connectivity index (χ1v) is 5.84. The lowest BCUT2D eigenvalue weighted by molar-refractivity contribution is -0.382. The minimum atomic E-state index is -1.44. The van der Waals surface area contributed by atoms with Gasteiger partial charge in [-0.25, -0.2) is 0 Å². The van der Waals surface area contributed by atoms with Crippen LogP contribution in [0.15, 0.2) is 20.8 Å². The van der Waals surface area contributed by atoms with Gasteiger partial charge in [0.15, 0.2) is 5.75 Å². The van der Waals surface area contributed by atoms with Crippen molar-refractivity contribution in [2.24, 2.45) is 5.18 Å². The van der Waals surface area contributed by atoms with E-state index in [9.17, 15) is 29.7 Å². The van der Waals surface area contributed by atoms with E-state index < -0.39 is 43.4 Å². The second-order valence-electron chi connectivity index (χ2n) is 3.77. The van der Waals surface area contributed by atoms with Gasteiger partial charge in [-0.3, -0.25) is 19.7 Å². The predicted molar refractivity (Wildman–Crippen MR) is 74.6 cm³/mol. The van der Waals surface area contributed by atoms with Crippen LogP contribution in [-0.4, -0.2) is 15.0 Å². The average molecular weight is 332 g/mol. The summed E-state index contributed by atoms with van der Waals surface area (Å²) in [6, 6.07) is 1.00. The molecule has 0 bridgehead atoms. The highest BCUT2D eigenvalue weighted by molar-refractivity contribution is 6.44. The van der Waals surface area contributed by atoms with E-state index in [4.69, 9.17) is 23.2 Å².